The smallest absolute Gasteiger partial charge is 0.324 e. The second kappa shape index (κ2) is 6.99. The van der Waals surface area contributed by atoms with Crippen molar-refractivity contribution in [2.75, 3.05) is 19.6 Å². The highest BCUT2D eigenvalue weighted by Gasteiger charge is 2.41. The van der Waals surface area contributed by atoms with E-state index in [1.54, 1.807) is 6.07 Å². The normalized spacial score (nSPS) is 22.2. The average molecular weight is 321 g/mol. The van der Waals surface area contributed by atoms with E-state index in [-0.39, 0.29) is 19.0 Å². The van der Waals surface area contributed by atoms with Crippen LogP contribution in [-0.2, 0) is 0 Å². The fourth-order valence-corrected chi connectivity index (χ4v) is 3.05. The Labute approximate surface area is 128 Å². The fraction of sp³-hybridized carbons (Fsp3) is 0.600. The second-order valence-corrected chi connectivity index (χ2v) is 6.01. The summed E-state index contributed by atoms with van der Waals surface area (Å²) in [7, 11) is 0. The molecule has 0 radical (unpaired) electrons. The predicted molar refractivity (Wildman–Crippen MR) is 78.2 cm³/mol. The van der Waals surface area contributed by atoms with E-state index in [4.69, 9.17) is 17.3 Å². The van der Waals surface area contributed by atoms with Crippen molar-refractivity contribution in [2.24, 2.45) is 11.7 Å². The maximum Gasteiger partial charge on any atom is 0.393 e. The Bertz CT molecular complexity index is 464. The molecule has 2 rings (SSSR count). The molecular weight excluding hydrogens is 301 g/mol. The van der Waals surface area contributed by atoms with Crippen LogP contribution in [0.2, 0.25) is 5.02 Å². The zero-order valence-corrected chi connectivity index (χ0v) is 12.5. The summed E-state index contributed by atoms with van der Waals surface area (Å²) >= 11 is 6.08. The summed E-state index contributed by atoms with van der Waals surface area (Å²) in [6, 6.07) is 7.09. The lowest BCUT2D eigenvalue weighted by molar-refractivity contribution is -0.186. The third-order valence-electron chi connectivity index (χ3n) is 4.03. The summed E-state index contributed by atoms with van der Waals surface area (Å²) in [6.07, 6.45) is -2.67. The number of rotatable bonds is 4. The number of hydrogen-bond acceptors (Lipinski definition) is 2. The highest BCUT2D eigenvalue weighted by atomic mass is 35.5. The van der Waals surface area contributed by atoms with Gasteiger partial charge < -0.3 is 10.6 Å². The number of likely N-dealkylation sites (tertiary alicyclic amines) is 1. The molecule has 1 aliphatic heterocycles. The third-order valence-corrected chi connectivity index (χ3v) is 4.37. The van der Waals surface area contributed by atoms with Gasteiger partial charge in [0.2, 0.25) is 0 Å². The standard InChI is InChI=1S/C15H20ClF3N2/c16-13-6-2-1-5-12(13)14(20)7-9-21-8-3-4-11(10-21)15(17,18)19/h1-2,5-6,11,14H,3-4,7-10,20H2. The van der Waals surface area contributed by atoms with Crippen molar-refractivity contribution in [1.82, 2.24) is 4.90 Å². The second-order valence-electron chi connectivity index (χ2n) is 5.60. The van der Waals surface area contributed by atoms with Gasteiger partial charge in [0.05, 0.1) is 5.92 Å². The van der Waals surface area contributed by atoms with Gasteiger partial charge in [0.1, 0.15) is 0 Å². The zero-order valence-electron chi connectivity index (χ0n) is 11.7. The maximum atomic E-state index is 12.8. The van der Waals surface area contributed by atoms with Crippen LogP contribution < -0.4 is 5.73 Å². The van der Waals surface area contributed by atoms with Gasteiger partial charge in [-0.2, -0.15) is 13.2 Å². The molecule has 1 heterocycles. The zero-order chi connectivity index (χ0) is 15.5. The molecule has 21 heavy (non-hydrogen) atoms. The van der Waals surface area contributed by atoms with E-state index in [0.29, 0.717) is 31.0 Å². The Morgan fingerprint density at radius 1 is 1.33 bits per heavy atom. The number of nitrogens with two attached hydrogens (primary N) is 1. The Hall–Kier alpha value is -0.780. The van der Waals surface area contributed by atoms with Crippen molar-refractivity contribution in [1.29, 1.82) is 0 Å². The van der Waals surface area contributed by atoms with Crippen LogP contribution in [0.1, 0.15) is 30.9 Å². The molecule has 2 nitrogen and oxygen atoms in total. The molecule has 0 saturated carbocycles. The highest BCUT2D eigenvalue weighted by molar-refractivity contribution is 6.31. The summed E-state index contributed by atoms with van der Waals surface area (Å²) in [6.45, 7) is 1.36. The van der Waals surface area contributed by atoms with Crippen LogP contribution in [-0.4, -0.2) is 30.7 Å². The third kappa shape index (κ3) is 4.59. The van der Waals surface area contributed by atoms with Gasteiger partial charge in [-0.05, 0) is 44.0 Å². The van der Waals surface area contributed by atoms with Gasteiger partial charge in [-0.25, -0.2) is 0 Å². The Morgan fingerprint density at radius 2 is 2.05 bits per heavy atom. The summed E-state index contributed by atoms with van der Waals surface area (Å²) < 4.78 is 38.3. The lowest BCUT2D eigenvalue weighted by atomic mass is 9.96. The van der Waals surface area contributed by atoms with Crippen LogP contribution in [0.5, 0.6) is 0 Å². The Kier molecular flexibility index (Phi) is 5.52. The van der Waals surface area contributed by atoms with Gasteiger partial charge in [0.15, 0.2) is 0 Å². The van der Waals surface area contributed by atoms with Gasteiger partial charge in [0.25, 0.3) is 0 Å². The van der Waals surface area contributed by atoms with E-state index in [1.807, 2.05) is 23.1 Å². The summed E-state index contributed by atoms with van der Waals surface area (Å²) in [5.74, 6) is -1.21. The van der Waals surface area contributed by atoms with Crippen LogP contribution in [0.3, 0.4) is 0 Å². The van der Waals surface area contributed by atoms with E-state index >= 15 is 0 Å². The first-order valence-corrected chi connectivity index (χ1v) is 7.55. The minimum atomic E-state index is -4.09. The van der Waals surface area contributed by atoms with Gasteiger partial charge in [-0.1, -0.05) is 29.8 Å². The van der Waals surface area contributed by atoms with E-state index in [2.05, 4.69) is 0 Å². The van der Waals surface area contributed by atoms with Crippen LogP contribution in [0.4, 0.5) is 13.2 Å². The molecule has 1 aromatic carbocycles. The van der Waals surface area contributed by atoms with Crippen LogP contribution in [0.25, 0.3) is 0 Å². The van der Waals surface area contributed by atoms with Crippen molar-refractivity contribution < 1.29 is 13.2 Å². The molecule has 1 saturated heterocycles. The van der Waals surface area contributed by atoms with Crippen LogP contribution in [0, 0.1) is 5.92 Å². The quantitative estimate of drug-likeness (QED) is 0.908. The molecule has 2 unspecified atom stereocenters. The summed E-state index contributed by atoms with van der Waals surface area (Å²) in [4.78, 5) is 1.86. The number of halogens is 4. The molecule has 118 valence electrons. The van der Waals surface area contributed by atoms with Gasteiger partial charge >= 0.3 is 6.18 Å². The van der Waals surface area contributed by atoms with Crippen molar-refractivity contribution in [3.05, 3.63) is 34.9 Å². The molecule has 6 heteroatoms. The maximum absolute atomic E-state index is 12.8. The topological polar surface area (TPSA) is 29.3 Å². The fourth-order valence-electron chi connectivity index (χ4n) is 2.78. The van der Waals surface area contributed by atoms with Crippen molar-refractivity contribution in [3.8, 4) is 0 Å². The van der Waals surface area contributed by atoms with Crippen molar-refractivity contribution >= 4 is 11.6 Å². The molecule has 0 spiro atoms. The van der Waals surface area contributed by atoms with E-state index in [1.165, 1.54) is 0 Å². The lowest BCUT2D eigenvalue weighted by Gasteiger charge is -2.34. The summed E-state index contributed by atoms with van der Waals surface area (Å²) in [5.41, 5.74) is 6.95. The first kappa shape index (κ1) is 16.6. The van der Waals surface area contributed by atoms with Gasteiger partial charge in [-0.3, -0.25) is 0 Å². The molecule has 1 fully saturated rings. The molecule has 0 amide bonds. The monoisotopic (exact) mass is 320 g/mol. The van der Waals surface area contributed by atoms with Crippen LogP contribution in [0.15, 0.2) is 24.3 Å². The predicted octanol–water partition coefficient (Wildman–Crippen LogP) is 4.00. The minimum absolute atomic E-state index is 0.0821. The number of alkyl halides is 3. The largest absolute Gasteiger partial charge is 0.393 e. The van der Waals surface area contributed by atoms with Crippen molar-refractivity contribution in [3.63, 3.8) is 0 Å². The highest BCUT2D eigenvalue weighted by Crippen LogP contribution is 2.33. The van der Waals surface area contributed by atoms with E-state index in [0.717, 1.165) is 5.56 Å². The van der Waals surface area contributed by atoms with Crippen LogP contribution >= 0.6 is 11.6 Å². The number of benzene rings is 1. The number of nitrogens with zero attached hydrogens (tertiary/aromatic N) is 1. The molecule has 0 bridgehead atoms. The minimum Gasteiger partial charge on any atom is -0.324 e. The number of hydrogen-bond donors (Lipinski definition) is 1. The molecule has 0 aliphatic carbocycles. The van der Waals surface area contributed by atoms with E-state index < -0.39 is 12.1 Å². The van der Waals surface area contributed by atoms with E-state index in [9.17, 15) is 13.2 Å². The van der Waals surface area contributed by atoms with Gasteiger partial charge in [0, 0.05) is 17.6 Å². The summed E-state index contributed by atoms with van der Waals surface area (Å²) in [5, 5.41) is 0.608. The Morgan fingerprint density at radius 3 is 2.71 bits per heavy atom. The molecule has 1 aliphatic rings. The first-order chi connectivity index (χ1) is 9.88. The molecule has 1 aromatic rings. The lowest BCUT2D eigenvalue weighted by Crippen LogP contribution is -2.42. The average Bonchev–Trinajstić information content (AvgIpc) is 2.45. The molecule has 0 aromatic heterocycles. The Balaban J connectivity index is 1.87. The number of piperidine rings is 1. The van der Waals surface area contributed by atoms with Gasteiger partial charge in [-0.15, -0.1) is 0 Å². The van der Waals surface area contributed by atoms with Crippen molar-refractivity contribution in [2.45, 2.75) is 31.5 Å². The molecular formula is C15H20ClF3N2. The molecule has 2 atom stereocenters. The first-order valence-electron chi connectivity index (χ1n) is 7.17. The SMILES string of the molecule is NC(CCN1CCCC(C(F)(F)F)C1)c1ccccc1Cl. The molecule has 2 N–H and O–H groups in total.